The molecule has 1 aromatic heterocycles. The summed E-state index contributed by atoms with van der Waals surface area (Å²) >= 11 is 0. The molecular weight excluding hydrogens is 202 g/mol. The monoisotopic (exact) mass is 218 g/mol. The minimum atomic E-state index is 0.0358. The molecule has 0 atom stereocenters. The van der Waals surface area contributed by atoms with Crippen LogP contribution >= 0.6 is 0 Å². The zero-order valence-corrected chi connectivity index (χ0v) is 9.77. The van der Waals surface area contributed by atoms with Crippen LogP contribution in [0.3, 0.4) is 0 Å². The van der Waals surface area contributed by atoms with Crippen molar-refractivity contribution in [2.75, 3.05) is 7.05 Å². The van der Waals surface area contributed by atoms with Crippen molar-refractivity contribution >= 4 is 5.69 Å². The summed E-state index contributed by atoms with van der Waals surface area (Å²) in [5.41, 5.74) is 2.68. The quantitative estimate of drug-likeness (QED) is 0.774. The minimum absolute atomic E-state index is 0.0358. The maximum atomic E-state index is 12.2. The van der Waals surface area contributed by atoms with E-state index in [1.807, 2.05) is 61.3 Å². The number of aromatic nitrogens is 2. The summed E-state index contributed by atoms with van der Waals surface area (Å²) in [6.07, 6.45) is 0. The highest BCUT2D eigenvalue weighted by Crippen LogP contribution is 2.09. The van der Waals surface area contributed by atoms with Crippen molar-refractivity contribution in [2.45, 2.75) is 6.92 Å². The number of nitrogens with two attached hydrogens (primary N) is 1. The maximum absolute atomic E-state index is 12.2. The van der Waals surface area contributed by atoms with Crippen molar-refractivity contribution in [3.8, 4) is 5.69 Å². The summed E-state index contributed by atoms with van der Waals surface area (Å²) in [4.78, 5) is 12.2. The van der Waals surface area contributed by atoms with Crippen molar-refractivity contribution < 1.29 is 5.32 Å². The van der Waals surface area contributed by atoms with Gasteiger partial charge in [0.05, 0.1) is 18.4 Å². The van der Waals surface area contributed by atoms with E-state index in [4.69, 9.17) is 0 Å². The minimum Gasteiger partial charge on any atom is -0.310 e. The smallest absolute Gasteiger partial charge is 0.310 e. The highest BCUT2D eigenvalue weighted by molar-refractivity contribution is 5.38. The zero-order valence-electron chi connectivity index (χ0n) is 9.77. The van der Waals surface area contributed by atoms with Gasteiger partial charge >= 0.3 is 5.56 Å². The first-order valence-electron chi connectivity index (χ1n) is 5.30. The molecule has 0 aliphatic rings. The van der Waals surface area contributed by atoms with Crippen LogP contribution in [0.5, 0.6) is 0 Å². The molecular formula is C12H16N3O+. The molecule has 1 aromatic carbocycles. The third-order valence-electron chi connectivity index (χ3n) is 2.89. The molecule has 0 aliphatic carbocycles. The van der Waals surface area contributed by atoms with Crippen LogP contribution in [0.4, 0.5) is 5.69 Å². The van der Waals surface area contributed by atoms with E-state index in [1.165, 1.54) is 0 Å². The number of hydrogen-bond acceptors (Lipinski definition) is 1. The van der Waals surface area contributed by atoms with Gasteiger partial charge < -0.3 is 5.32 Å². The van der Waals surface area contributed by atoms with Crippen LogP contribution in [0, 0.1) is 6.92 Å². The first kappa shape index (κ1) is 10.7. The molecule has 84 valence electrons. The van der Waals surface area contributed by atoms with Crippen molar-refractivity contribution in [3.63, 3.8) is 0 Å². The number of para-hydroxylation sites is 1. The molecule has 0 saturated carbocycles. The summed E-state index contributed by atoms with van der Waals surface area (Å²) in [6, 6.07) is 9.66. The van der Waals surface area contributed by atoms with Gasteiger partial charge in [-0.3, -0.25) is 9.48 Å². The second-order valence-electron chi connectivity index (χ2n) is 3.76. The van der Waals surface area contributed by atoms with Crippen molar-refractivity contribution in [1.82, 2.24) is 9.36 Å². The van der Waals surface area contributed by atoms with Gasteiger partial charge in [-0.25, -0.2) is 4.68 Å². The lowest BCUT2D eigenvalue weighted by atomic mass is 10.3. The third kappa shape index (κ3) is 1.47. The van der Waals surface area contributed by atoms with Crippen molar-refractivity contribution in [1.29, 1.82) is 0 Å². The second kappa shape index (κ2) is 3.98. The average Bonchev–Trinajstić information content (AvgIpc) is 2.51. The van der Waals surface area contributed by atoms with Crippen LogP contribution in [0.1, 0.15) is 5.69 Å². The van der Waals surface area contributed by atoms with Gasteiger partial charge in [0.2, 0.25) is 5.69 Å². The summed E-state index contributed by atoms with van der Waals surface area (Å²) < 4.78 is 3.57. The Morgan fingerprint density at radius 1 is 1.19 bits per heavy atom. The molecule has 0 amide bonds. The van der Waals surface area contributed by atoms with Gasteiger partial charge in [0.1, 0.15) is 0 Å². The molecule has 2 aromatic rings. The number of hydrogen-bond donors (Lipinski definition) is 1. The van der Waals surface area contributed by atoms with E-state index >= 15 is 0 Å². The molecule has 0 fully saturated rings. The lowest BCUT2D eigenvalue weighted by molar-refractivity contribution is -0.540. The first-order chi connectivity index (χ1) is 7.66. The Morgan fingerprint density at radius 3 is 2.31 bits per heavy atom. The Morgan fingerprint density at radius 2 is 1.81 bits per heavy atom. The summed E-state index contributed by atoms with van der Waals surface area (Å²) in [5, 5.41) is 1.86. The topological polar surface area (TPSA) is 43.5 Å². The van der Waals surface area contributed by atoms with Crippen LogP contribution in [0.25, 0.3) is 5.69 Å². The van der Waals surface area contributed by atoms with E-state index in [1.54, 1.807) is 4.68 Å². The van der Waals surface area contributed by atoms with Crippen LogP contribution in [-0.2, 0) is 7.05 Å². The summed E-state index contributed by atoms with van der Waals surface area (Å²) in [5.74, 6) is 0. The van der Waals surface area contributed by atoms with E-state index < -0.39 is 0 Å². The molecule has 0 unspecified atom stereocenters. The van der Waals surface area contributed by atoms with Gasteiger partial charge in [0, 0.05) is 7.05 Å². The Bertz CT molecular complexity index is 552. The maximum Gasteiger partial charge on any atom is 0.332 e. The zero-order chi connectivity index (χ0) is 11.7. The standard InChI is InChI=1S/C12H15N3O/c1-9-11(13-2)12(16)15(14(9)3)10-7-5-4-6-8-10/h4-8,13H,1-3H3/p+1. The van der Waals surface area contributed by atoms with Crippen molar-refractivity contribution in [2.24, 2.45) is 7.05 Å². The van der Waals surface area contributed by atoms with E-state index in [0.29, 0.717) is 0 Å². The molecule has 0 aliphatic heterocycles. The van der Waals surface area contributed by atoms with Crippen LogP contribution in [-0.4, -0.2) is 16.4 Å². The number of benzene rings is 1. The Labute approximate surface area is 94.1 Å². The van der Waals surface area contributed by atoms with Gasteiger partial charge in [-0.2, -0.15) is 0 Å². The second-order valence-corrected chi connectivity index (χ2v) is 3.76. The Balaban J connectivity index is 2.72. The number of rotatable bonds is 2. The molecule has 0 radical (unpaired) electrons. The van der Waals surface area contributed by atoms with E-state index in [2.05, 4.69) is 0 Å². The fraction of sp³-hybridized carbons (Fsp3) is 0.250. The summed E-state index contributed by atoms with van der Waals surface area (Å²) in [7, 11) is 3.79. The van der Waals surface area contributed by atoms with Crippen LogP contribution in [0.15, 0.2) is 35.1 Å². The highest BCUT2D eigenvalue weighted by atomic mass is 16.1. The van der Waals surface area contributed by atoms with Gasteiger partial charge in [-0.1, -0.05) is 18.2 Å². The molecule has 4 heteroatoms. The number of nitrogens with zero attached hydrogens (tertiary/aromatic N) is 2. The highest BCUT2D eigenvalue weighted by Gasteiger charge is 2.17. The fourth-order valence-electron chi connectivity index (χ4n) is 1.92. The fourth-order valence-corrected chi connectivity index (χ4v) is 1.92. The van der Waals surface area contributed by atoms with E-state index in [-0.39, 0.29) is 5.56 Å². The van der Waals surface area contributed by atoms with Crippen LogP contribution < -0.4 is 10.9 Å². The Hall–Kier alpha value is -1.81. The van der Waals surface area contributed by atoms with E-state index in [0.717, 1.165) is 17.1 Å². The predicted molar refractivity (Wildman–Crippen MR) is 63.3 cm³/mol. The largest absolute Gasteiger partial charge is 0.332 e. The van der Waals surface area contributed by atoms with Gasteiger partial charge in [0.25, 0.3) is 0 Å². The summed E-state index contributed by atoms with van der Waals surface area (Å²) in [6.45, 7) is 1.95. The van der Waals surface area contributed by atoms with Gasteiger partial charge in [0.15, 0.2) is 0 Å². The normalized spacial score (nSPS) is 10.7. The predicted octanol–water partition coefficient (Wildman–Crippen LogP) is 0.309. The molecule has 0 saturated heterocycles. The average molecular weight is 218 g/mol. The SMILES string of the molecule is C[NH2+]c1c(C)n(C)n(-c2ccccc2)c1=O. The number of quaternary nitrogens is 1. The Kier molecular flexibility index (Phi) is 2.66. The van der Waals surface area contributed by atoms with Crippen molar-refractivity contribution in [3.05, 3.63) is 46.4 Å². The van der Waals surface area contributed by atoms with Gasteiger partial charge in [-0.15, -0.1) is 0 Å². The van der Waals surface area contributed by atoms with Crippen LogP contribution in [0.2, 0.25) is 0 Å². The van der Waals surface area contributed by atoms with Gasteiger partial charge in [-0.05, 0) is 19.1 Å². The first-order valence-corrected chi connectivity index (χ1v) is 5.30. The molecule has 0 bridgehead atoms. The third-order valence-corrected chi connectivity index (χ3v) is 2.89. The molecule has 2 N–H and O–H groups in total. The lowest BCUT2D eigenvalue weighted by Gasteiger charge is -2.06. The molecule has 16 heavy (non-hydrogen) atoms. The van der Waals surface area contributed by atoms with E-state index in [9.17, 15) is 4.79 Å². The molecule has 2 rings (SSSR count). The lowest BCUT2D eigenvalue weighted by Crippen LogP contribution is -2.75. The molecule has 4 nitrogen and oxygen atoms in total. The molecule has 1 heterocycles. The molecule has 0 spiro atoms.